The Morgan fingerprint density at radius 2 is 1.91 bits per heavy atom. The van der Waals surface area contributed by atoms with E-state index in [9.17, 15) is 29.8 Å². The van der Waals surface area contributed by atoms with Crippen LogP contribution >= 0.6 is 0 Å². The molecule has 15 heteroatoms. The first-order valence-corrected chi connectivity index (χ1v) is 10.4. The summed E-state index contributed by atoms with van der Waals surface area (Å²) < 4.78 is 2.89. The monoisotopic (exact) mass is 471 g/mol. The van der Waals surface area contributed by atoms with E-state index in [1.807, 2.05) is 4.90 Å². The van der Waals surface area contributed by atoms with Crippen LogP contribution in [0.3, 0.4) is 0 Å². The highest BCUT2D eigenvalue weighted by atomic mass is 16.6. The number of rotatable bonds is 7. The molecule has 1 saturated heterocycles. The quantitative estimate of drug-likeness (QED) is 0.291. The minimum Gasteiger partial charge on any atom is -0.342 e. The van der Waals surface area contributed by atoms with Crippen LogP contribution in [-0.4, -0.2) is 48.3 Å². The first-order chi connectivity index (χ1) is 16.3. The Morgan fingerprint density at radius 1 is 1.18 bits per heavy atom. The van der Waals surface area contributed by atoms with Crippen LogP contribution in [0.25, 0.3) is 11.2 Å². The normalized spacial score (nSPS) is 14.1. The van der Waals surface area contributed by atoms with Crippen LogP contribution in [0.15, 0.2) is 32.9 Å². The maximum Gasteiger partial charge on any atom is 0.329 e. The molecule has 1 aromatic carbocycles. The Kier molecular flexibility index (Phi) is 6.07. The summed E-state index contributed by atoms with van der Waals surface area (Å²) in [4.78, 5) is 54.2. The summed E-state index contributed by atoms with van der Waals surface area (Å²) in [6.45, 7) is 1.58. The van der Waals surface area contributed by atoms with Crippen molar-refractivity contribution >= 4 is 40.4 Å². The van der Waals surface area contributed by atoms with Gasteiger partial charge in [-0.15, -0.1) is 0 Å². The van der Waals surface area contributed by atoms with Crippen LogP contribution in [0.4, 0.5) is 23.0 Å². The van der Waals surface area contributed by atoms with Gasteiger partial charge in [0.2, 0.25) is 5.95 Å². The molecular weight excluding hydrogens is 450 g/mol. The molecular formula is C19H21N9O6. The number of nitro groups is 2. The second kappa shape index (κ2) is 9.13. The van der Waals surface area contributed by atoms with Crippen LogP contribution < -0.4 is 21.6 Å². The maximum atomic E-state index is 12.6. The highest BCUT2D eigenvalue weighted by molar-refractivity contribution is 5.76. The molecule has 1 fully saturated rings. The third kappa shape index (κ3) is 4.22. The standard InChI is InChI=1S/C19H21N9O6/c1-24-16-15(17(29)22-19(24)30)26(18(21-16)25-8-3-2-4-9-25)10-7-20-23-13-6-5-12(27(31)32)11-14(13)28(33)34/h5-7,11,23H,2-4,8-10H2,1H3,(H,22,29,30). The van der Waals surface area contributed by atoms with E-state index in [4.69, 9.17) is 0 Å². The highest BCUT2D eigenvalue weighted by Crippen LogP contribution is 2.29. The number of imidazole rings is 1. The van der Waals surface area contributed by atoms with E-state index in [1.54, 1.807) is 4.57 Å². The van der Waals surface area contributed by atoms with Crippen molar-refractivity contribution in [2.45, 2.75) is 25.8 Å². The van der Waals surface area contributed by atoms with Gasteiger partial charge in [-0.05, 0) is 25.3 Å². The Labute approximate surface area is 190 Å². The number of nitrogens with one attached hydrogen (secondary N) is 2. The van der Waals surface area contributed by atoms with Crippen molar-refractivity contribution in [2.24, 2.45) is 12.1 Å². The number of benzene rings is 1. The lowest BCUT2D eigenvalue weighted by Crippen LogP contribution is -2.32. The zero-order chi connectivity index (χ0) is 24.4. The van der Waals surface area contributed by atoms with Crippen LogP contribution in [-0.2, 0) is 13.6 Å². The lowest BCUT2D eigenvalue weighted by Gasteiger charge is -2.27. The summed E-state index contributed by atoms with van der Waals surface area (Å²) in [6.07, 6.45) is 4.43. The van der Waals surface area contributed by atoms with Crippen LogP contribution in [0.2, 0.25) is 0 Å². The van der Waals surface area contributed by atoms with E-state index in [-0.39, 0.29) is 23.4 Å². The van der Waals surface area contributed by atoms with Crippen LogP contribution in [0.5, 0.6) is 0 Å². The van der Waals surface area contributed by atoms with Crippen LogP contribution in [0, 0.1) is 20.2 Å². The average molecular weight is 471 g/mol. The number of aromatic nitrogens is 4. The van der Waals surface area contributed by atoms with Crippen molar-refractivity contribution in [3.05, 3.63) is 59.3 Å². The molecule has 178 valence electrons. The van der Waals surface area contributed by atoms with Crippen molar-refractivity contribution in [3.8, 4) is 0 Å². The van der Waals surface area contributed by atoms with Gasteiger partial charge in [-0.1, -0.05) is 0 Å². The molecule has 0 saturated carbocycles. The molecule has 4 rings (SSSR count). The van der Waals surface area contributed by atoms with Crippen LogP contribution in [0.1, 0.15) is 19.3 Å². The molecule has 1 aliphatic heterocycles. The Bertz CT molecular complexity index is 1410. The number of anilines is 2. The van der Waals surface area contributed by atoms with Gasteiger partial charge in [0.15, 0.2) is 11.2 Å². The van der Waals surface area contributed by atoms with Gasteiger partial charge in [-0.25, -0.2) is 4.79 Å². The molecule has 0 unspecified atom stereocenters. The number of non-ortho nitro benzene ring substituents is 1. The van der Waals surface area contributed by atoms with Gasteiger partial charge in [0.25, 0.3) is 11.2 Å². The number of nitro benzene ring substituents is 2. The Balaban J connectivity index is 1.66. The molecule has 2 aromatic heterocycles. The van der Waals surface area contributed by atoms with E-state index in [1.165, 1.54) is 23.9 Å². The van der Waals surface area contributed by atoms with Crippen molar-refractivity contribution in [1.82, 2.24) is 19.1 Å². The van der Waals surface area contributed by atoms with Gasteiger partial charge in [-0.3, -0.25) is 44.6 Å². The highest BCUT2D eigenvalue weighted by Gasteiger charge is 2.23. The minimum absolute atomic E-state index is 0.0289. The largest absolute Gasteiger partial charge is 0.342 e. The number of H-pyrrole nitrogens is 1. The summed E-state index contributed by atoms with van der Waals surface area (Å²) in [5.74, 6) is 0.522. The lowest BCUT2D eigenvalue weighted by atomic mass is 10.1. The molecule has 0 bridgehead atoms. The number of nitrogens with zero attached hydrogens (tertiary/aromatic N) is 7. The molecule has 0 atom stereocenters. The summed E-state index contributed by atoms with van der Waals surface area (Å²) in [6, 6.07) is 3.17. The van der Waals surface area contributed by atoms with Gasteiger partial charge < -0.3 is 4.90 Å². The zero-order valence-corrected chi connectivity index (χ0v) is 18.1. The third-order valence-corrected chi connectivity index (χ3v) is 5.56. The number of piperidine rings is 1. The van der Waals surface area contributed by atoms with E-state index in [0.717, 1.165) is 44.5 Å². The Morgan fingerprint density at radius 3 is 2.59 bits per heavy atom. The van der Waals surface area contributed by atoms with E-state index in [0.29, 0.717) is 5.95 Å². The smallest absolute Gasteiger partial charge is 0.329 e. The number of hydrogen-bond donors (Lipinski definition) is 2. The van der Waals surface area contributed by atoms with Gasteiger partial charge >= 0.3 is 11.4 Å². The number of fused-ring (bicyclic) bond motifs is 1. The summed E-state index contributed by atoms with van der Waals surface area (Å²) in [5.41, 5.74) is 0.862. The van der Waals surface area contributed by atoms with E-state index >= 15 is 0 Å². The first-order valence-electron chi connectivity index (χ1n) is 10.4. The molecule has 2 N–H and O–H groups in total. The SMILES string of the molecule is Cn1c(=O)[nH]c(=O)c2c1nc(N1CCCCC1)n2CC=NNc1ccc([N+](=O)[O-])cc1[N+](=O)[O-]. The summed E-state index contributed by atoms with van der Waals surface area (Å²) >= 11 is 0. The van der Waals surface area contributed by atoms with Gasteiger partial charge in [0.1, 0.15) is 5.69 Å². The fraction of sp³-hybridized carbons (Fsp3) is 0.368. The van der Waals surface area contributed by atoms with Crippen molar-refractivity contribution in [1.29, 1.82) is 0 Å². The average Bonchev–Trinajstić information content (AvgIpc) is 3.21. The van der Waals surface area contributed by atoms with Crippen molar-refractivity contribution < 1.29 is 9.85 Å². The first kappa shape index (κ1) is 22.6. The second-order valence-electron chi connectivity index (χ2n) is 7.70. The molecule has 0 radical (unpaired) electrons. The number of hydrogen-bond acceptors (Lipinski definition) is 10. The third-order valence-electron chi connectivity index (χ3n) is 5.56. The van der Waals surface area contributed by atoms with Gasteiger partial charge in [0, 0.05) is 32.4 Å². The predicted molar refractivity (Wildman–Crippen MR) is 124 cm³/mol. The molecule has 0 aliphatic carbocycles. The minimum atomic E-state index is -0.747. The lowest BCUT2D eigenvalue weighted by molar-refractivity contribution is -0.393. The molecule has 34 heavy (non-hydrogen) atoms. The molecule has 3 heterocycles. The number of aryl methyl sites for hydroxylation is 1. The van der Waals surface area contributed by atoms with Crippen molar-refractivity contribution in [3.63, 3.8) is 0 Å². The van der Waals surface area contributed by atoms with Gasteiger partial charge in [-0.2, -0.15) is 10.1 Å². The predicted octanol–water partition coefficient (Wildman–Crippen LogP) is 1.33. The summed E-state index contributed by atoms with van der Waals surface area (Å²) in [7, 11) is 1.52. The second-order valence-corrected chi connectivity index (χ2v) is 7.70. The molecule has 1 aliphatic rings. The number of aromatic amines is 1. The maximum absolute atomic E-state index is 12.6. The fourth-order valence-electron chi connectivity index (χ4n) is 3.85. The molecule has 0 spiro atoms. The van der Waals surface area contributed by atoms with E-state index in [2.05, 4.69) is 20.5 Å². The fourth-order valence-corrected chi connectivity index (χ4v) is 3.85. The topological polar surface area (TPSA) is 187 Å². The van der Waals surface area contributed by atoms with E-state index < -0.39 is 32.5 Å². The van der Waals surface area contributed by atoms with Crippen molar-refractivity contribution in [2.75, 3.05) is 23.4 Å². The Hall–Kier alpha value is -4.56. The zero-order valence-electron chi connectivity index (χ0n) is 18.1. The molecule has 0 amide bonds. The van der Waals surface area contributed by atoms with Gasteiger partial charge in [0.05, 0.1) is 22.5 Å². The molecule has 3 aromatic rings. The number of hydrazone groups is 1. The summed E-state index contributed by atoms with van der Waals surface area (Å²) in [5, 5.41) is 26.2. The molecule has 15 nitrogen and oxygen atoms in total.